The van der Waals surface area contributed by atoms with Crippen LogP contribution in [0.2, 0.25) is 0 Å². The third kappa shape index (κ3) is 24.9. The Morgan fingerprint density at radius 2 is 1.83 bits per heavy atom. The maximum atomic E-state index is 10.5. The molecule has 0 aromatic carbocycles. The van der Waals surface area contributed by atoms with Crippen molar-refractivity contribution >= 4 is 32.0 Å². The Morgan fingerprint density at radius 3 is 2.11 bits per heavy atom. The van der Waals surface area contributed by atoms with Gasteiger partial charge in [-0.15, -0.1) is 0 Å². The van der Waals surface area contributed by atoms with E-state index in [1.807, 2.05) is 11.9 Å². The number of hydrogen-bond donors (Lipinski definition) is 1. The van der Waals surface area contributed by atoms with Gasteiger partial charge in [0.2, 0.25) is 0 Å². The molecule has 112 valence electrons. The second kappa shape index (κ2) is 13.3. The molecule has 0 unspecified atom stereocenters. The summed E-state index contributed by atoms with van der Waals surface area (Å²) < 4.78 is 25.6. The molecule has 8 heteroatoms. The Labute approximate surface area is 119 Å². The second-order valence-electron chi connectivity index (χ2n) is 3.27. The van der Waals surface area contributed by atoms with Crippen molar-refractivity contribution in [1.29, 1.82) is 0 Å². The molecule has 0 saturated carbocycles. The molecule has 0 aromatic rings. The van der Waals surface area contributed by atoms with E-state index in [2.05, 4.69) is 20.1 Å². The summed E-state index contributed by atoms with van der Waals surface area (Å²) in [5, 5.41) is 8.60. The van der Waals surface area contributed by atoms with Crippen LogP contribution in [-0.2, 0) is 19.1 Å². The van der Waals surface area contributed by atoms with Crippen LogP contribution in [0.5, 0.6) is 0 Å². The normalized spacial score (nSPS) is 10.3. The number of carboxylic acids is 1. The molecule has 18 heavy (non-hydrogen) atoms. The van der Waals surface area contributed by atoms with E-state index in [1.54, 1.807) is 6.92 Å². The van der Waals surface area contributed by atoms with E-state index in [9.17, 15) is 13.2 Å². The van der Waals surface area contributed by atoms with E-state index in [0.29, 0.717) is 6.54 Å². The fourth-order valence-corrected chi connectivity index (χ4v) is 1.58. The Kier molecular flexibility index (Phi) is 16.9. The van der Waals surface area contributed by atoms with Crippen LogP contribution >= 0.6 is 15.9 Å². The van der Waals surface area contributed by atoms with Crippen LogP contribution in [0.25, 0.3) is 0 Å². The van der Waals surface area contributed by atoms with Crippen molar-refractivity contribution in [2.75, 3.05) is 38.3 Å². The van der Waals surface area contributed by atoms with E-state index in [4.69, 9.17) is 5.11 Å². The van der Waals surface area contributed by atoms with Gasteiger partial charge >= 0.3 is 5.97 Å². The fourth-order valence-electron chi connectivity index (χ4n) is 0.601. The molecular weight excluding hydrogens is 326 g/mol. The van der Waals surface area contributed by atoms with Crippen LogP contribution in [-0.4, -0.2) is 62.7 Å². The number of nitrogens with zero attached hydrogens (tertiary/aromatic N) is 1. The number of carbonyl (C=O) groups is 1. The predicted octanol–water partition coefficient (Wildman–Crippen LogP) is 1.41. The highest BCUT2D eigenvalue weighted by molar-refractivity contribution is 9.09. The maximum absolute atomic E-state index is 10.5. The summed E-state index contributed by atoms with van der Waals surface area (Å²) in [5.74, 6) is -0.745. The lowest BCUT2D eigenvalue weighted by molar-refractivity contribution is -0.136. The van der Waals surface area contributed by atoms with Crippen LogP contribution in [0, 0.1) is 0 Å². The Morgan fingerprint density at radius 1 is 1.39 bits per heavy atom. The summed E-state index contributed by atoms with van der Waals surface area (Å²) >= 11 is 3.28. The number of halogens is 1. The first-order chi connectivity index (χ1) is 7.72. The van der Waals surface area contributed by atoms with E-state index >= 15 is 0 Å². The molecule has 1 N–H and O–H groups in total. The minimum Gasteiger partial charge on any atom is -0.481 e. The highest BCUT2D eigenvalue weighted by Crippen LogP contribution is 1.90. The van der Waals surface area contributed by atoms with Gasteiger partial charge in [-0.2, -0.15) is 8.42 Å². The lowest BCUT2D eigenvalue weighted by atomic mass is 10.5. The van der Waals surface area contributed by atoms with Gasteiger partial charge in [0, 0.05) is 24.8 Å². The molecule has 0 bridgehead atoms. The number of carboxylic acid groups (broad SMARTS) is 1. The van der Waals surface area contributed by atoms with Gasteiger partial charge in [0.1, 0.15) is 0 Å². The van der Waals surface area contributed by atoms with Gasteiger partial charge in [-0.05, 0) is 7.05 Å². The summed E-state index contributed by atoms with van der Waals surface area (Å²) in [6.07, 6.45) is 1.28. The van der Waals surface area contributed by atoms with Gasteiger partial charge < -0.3 is 10.0 Å². The zero-order valence-corrected chi connectivity index (χ0v) is 12.8. The Balaban J connectivity index is -0.000000321. The lowest BCUT2D eigenvalue weighted by Gasteiger charge is -2.13. The van der Waals surface area contributed by atoms with Crippen molar-refractivity contribution < 1.29 is 22.5 Å². The van der Waals surface area contributed by atoms with E-state index in [0.717, 1.165) is 18.1 Å². The van der Waals surface area contributed by atoms with Crippen LogP contribution in [0.15, 0.2) is 0 Å². The van der Waals surface area contributed by atoms with Gasteiger partial charge in [-0.1, -0.05) is 30.3 Å². The van der Waals surface area contributed by atoms with Crippen LogP contribution in [0.4, 0.5) is 0 Å². The molecule has 0 rings (SSSR count). The molecule has 0 aliphatic carbocycles. The molecule has 0 amide bonds. The monoisotopic (exact) mass is 349 g/mol. The molecule has 0 heterocycles. The fraction of sp³-hybridized carbons (Fsp3) is 0.900. The minimum atomic E-state index is -3.27. The highest BCUT2D eigenvalue weighted by Gasteiger charge is 2.02. The van der Waals surface area contributed by atoms with Gasteiger partial charge in [0.25, 0.3) is 10.1 Å². The zero-order valence-electron chi connectivity index (χ0n) is 10.3. The topological polar surface area (TPSA) is 83.9 Å². The van der Waals surface area contributed by atoms with Crippen molar-refractivity contribution in [2.45, 2.75) is 20.8 Å². The van der Waals surface area contributed by atoms with Gasteiger partial charge in [0.15, 0.2) is 0 Å². The number of rotatable bonds is 7. The first-order valence-electron chi connectivity index (χ1n) is 5.03. The minimum absolute atomic E-state index is 0. The quantitative estimate of drug-likeness (QED) is 0.552. The summed E-state index contributed by atoms with van der Waals surface area (Å²) in [6, 6.07) is 0. The molecule has 6 nitrogen and oxygen atoms in total. The van der Waals surface area contributed by atoms with Crippen molar-refractivity contribution in [1.82, 2.24) is 4.90 Å². The number of likely N-dealkylation sites (N-methyl/N-ethyl adjacent to an activating group) is 1. The third-order valence-electron chi connectivity index (χ3n) is 1.54. The summed E-state index contributed by atoms with van der Waals surface area (Å²) in [5.41, 5.74) is 0. The van der Waals surface area contributed by atoms with Gasteiger partial charge in [-0.3, -0.25) is 8.98 Å². The van der Waals surface area contributed by atoms with E-state index < -0.39 is 16.1 Å². The molecule has 0 atom stereocenters. The molecule has 0 aliphatic heterocycles. The van der Waals surface area contributed by atoms with Gasteiger partial charge in [-0.25, -0.2) is 0 Å². The lowest BCUT2D eigenvalue weighted by Crippen LogP contribution is -2.25. The average Bonchev–Trinajstić information content (AvgIpc) is 2.17. The first kappa shape index (κ1) is 23.0. The smallest absolute Gasteiger partial charge is 0.303 e. The molecule has 0 saturated heterocycles. The standard InChI is InChI=1S/C6H14BrNO3S.C3H6O2.CH4/c1-8(4-3-7)5-6-11-12(2,9)10;1-2-3(4)5;/h3-6H2,1-2H3;2H2,1H3,(H,4,5);1H4. The molecular formula is C10H24BrNO5S. The zero-order chi connectivity index (χ0) is 13.9. The maximum Gasteiger partial charge on any atom is 0.303 e. The average molecular weight is 350 g/mol. The molecule has 0 fully saturated rings. The van der Waals surface area contributed by atoms with E-state index in [-0.39, 0.29) is 20.5 Å². The number of aliphatic carboxylic acids is 1. The second-order valence-corrected chi connectivity index (χ2v) is 5.70. The number of hydrogen-bond acceptors (Lipinski definition) is 5. The Hall–Kier alpha value is -0.180. The van der Waals surface area contributed by atoms with Crippen LogP contribution in [0.1, 0.15) is 20.8 Å². The van der Waals surface area contributed by atoms with Crippen molar-refractivity contribution in [3.63, 3.8) is 0 Å². The number of alkyl halides is 1. The van der Waals surface area contributed by atoms with Crippen molar-refractivity contribution in [3.05, 3.63) is 0 Å². The SMILES string of the molecule is C.CCC(=O)O.CN(CCBr)CCOS(C)(=O)=O. The molecule has 0 spiro atoms. The third-order valence-corrected chi connectivity index (χ3v) is 2.49. The summed E-state index contributed by atoms with van der Waals surface area (Å²) in [7, 11) is -1.36. The first-order valence-corrected chi connectivity index (χ1v) is 7.97. The molecule has 0 radical (unpaired) electrons. The molecule has 0 aromatic heterocycles. The summed E-state index contributed by atoms with van der Waals surface area (Å²) in [6.45, 7) is 3.33. The predicted molar refractivity (Wildman–Crippen MR) is 76.7 cm³/mol. The Bertz CT molecular complexity index is 295. The van der Waals surface area contributed by atoms with Crippen molar-refractivity contribution in [3.8, 4) is 0 Å². The van der Waals surface area contributed by atoms with E-state index in [1.165, 1.54) is 0 Å². The summed E-state index contributed by atoms with van der Waals surface area (Å²) in [4.78, 5) is 11.4. The van der Waals surface area contributed by atoms with Crippen molar-refractivity contribution in [2.24, 2.45) is 0 Å². The molecule has 0 aliphatic rings. The van der Waals surface area contributed by atoms with Crippen LogP contribution < -0.4 is 0 Å². The largest absolute Gasteiger partial charge is 0.481 e. The van der Waals surface area contributed by atoms with Crippen LogP contribution in [0.3, 0.4) is 0 Å². The van der Waals surface area contributed by atoms with Gasteiger partial charge in [0.05, 0.1) is 12.9 Å². The highest BCUT2D eigenvalue weighted by atomic mass is 79.9.